The van der Waals surface area contributed by atoms with Crippen LogP contribution in [0.3, 0.4) is 0 Å². The molecule has 0 aliphatic rings. The molecule has 2 rings (SSSR count). The standard InChI is InChI=1S/C14H17FN2O3/c1-3-4-14-16-13(17-20-14)8-19-10-5-6-11(9(2)18)12(15)7-10/h5-7,9,18H,3-4,8H2,1-2H3/t9-/m0/s1. The van der Waals surface area contributed by atoms with Crippen molar-refractivity contribution >= 4 is 0 Å². The highest BCUT2D eigenvalue weighted by atomic mass is 19.1. The molecule has 0 fully saturated rings. The van der Waals surface area contributed by atoms with E-state index in [0.717, 1.165) is 12.8 Å². The number of benzene rings is 1. The predicted octanol–water partition coefficient (Wildman–Crippen LogP) is 2.79. The zero-order chi connectivity index (χ0) is 14.5. The second-order valence-electron chi connectivity index (χ2n) is 4.50. The lowest BCUT2D eigenvalue weighted by Gasteiger charge is -2.08. The van der Waals surface area contributed by atoms with E-state index in [9.17, 15) is 9.50 Å². The Morgan fingerprint density at radius 2 is 2.25 bits per heavy atom. The van der Waals surface area contributed by atoms with E-state index < -0.39 is 11.9 Å². The molecule has 108 valence electrons. The van der Waals surface area contributed by atoms with Crippen molar-refractivity contribution in [1.82, 2.24) is 10.1 Å². The molecule has 1 aromatic heterocycles. The Morgan fingerprint density at radius 3 is 2.90 bits per heavy atom. The third-order valence-electron chi connectivity index (χ3n) is 2.76. The van der Waals surface area contributed by atoms with Crippen molar-refractivity contribution < 1.29 is 18.8 Å². The van der Waals surface area contributed by atoms with Crippen molar-refractivity contribution in [3.05, 3.63) is 41.3 Å². The number of nitrogens with zero attached hydrogens (tertiary/aromatic N) is 2. The zero-order valence-electron chi connectivity index (χ0n) is 11.5. The van der Waals surface area contributed by atoms with Crippen LogP contribution in [-0.2, 0) is 13.0 Å². The van der Waals surface area contributed by atoms with E-state index in [0.29, 0.717) is 17.5 Å². The van der Waals surface area contributed by atoms with Crippen molar-refractivity contribution in [3.63, 3.8) is 0 Å². The number of hydrogen-bond donors (Lipinski definition) is 1. The molecule has 0 spiro atoms. The van der Waals surface area contributed by atoms with E-state index >= 15 is 0 Å². The first kappa shape index (κ1) is 14.5. The first-order chi connectivity index (χ1) is 9.60. The Kier molecular flexibility index (Phi) is 4.68. The maximum absolute atomic E-state index is 13.6. The molecule has 1 N–H and O–H groups in total. The molecule has 5 nitrogen and oxygen atoms in total. The molecular weight excluding hydrogens is 263 g/mol. The minimum atomic E-state index is -0.849. The Morgan fingerprint density at radius 1 is 1.45 bits per heavy atom. The van der Waals surface area contributed by atoms with Gasteiger partial charge in [-0.2, -0.15) is 4.98 Å². The van der Waals surface area contributed by atoms with Crippen LogP contribution < -0.4 is 4.74 Å². The molecule has 0 aliphatic carbocycles. The summed E-state index contributed by atoms with van der Waals surface area (Å²) in [5, 5.41) is 13.1. The fourth-order valence-corrected chi connectivity index (χ4v) is 1.75. The number of aromatic nitrogens is 2. The van der Waals surface area contributed by atoms with Gasteiger partial charge in [0.1, 0.15) is 11.6 Å². The second-order valence-corrected chi connectivity index (χ2v) is 4.50. The van der Waals surface area contributed by atoms with Gasteiger partial charge in [-0.3, -0.25) is 0 Å². The van der Waals surface area contributed by atoms with Gasteiger partial charge in [0.15, 0.2) is 6.61 Å². The zero-order valence-corrected chi connectivity index (χ0v) is 11.5. The molecule has 0 unspecified atom stereocenters. The number of halogens is 1. The number of aliphatic hydroxyl groups is 1. The molecular formula is C14H17FN2O3. The third-order valence-corrected chi connectivity index (χ3v) is 2.76. The molecule has 1 heterocycles. The van der Waals surface area contributed by atoms with Crippen LogP contribution in [0.2, 0.25) is 0 Å². The van der Waals surface area contributed by atoms with E-state index in [-0.39, 0.29) is 12.2 Å². The predicted molar refractivity (Wildman–Crippen MR) is 69.7 cm³/mol. The van der Waals surface area contributed by atoms with Gasteiger partial charge >= 0.3 is 0 Å². The van der Waals surface area contributed by atoms with Gasteiger partial charge in [-0.1, -0.05) is 12.1 Å². The minimum Gasteiger partial charge on any atom is -0.485 e. The van der Waals surface area contributed by atoms with E-state index in [2.05, 4.69) is 10.1 Å². The minimum absolute atomic E-state index is 0.112. The molecule has 6 heteroatoms. The highest BCUT2D eigenvalue weighted by Gasteiger charge is 2.10. The monoisotopic (exact) mass is 280 g/mol. The van der Waals surface area contributed by atoms with Gasteiger partial charge in [0, 0.05) is 18.1 Å². The van der Waals surface area contributed by atoms with Crippen LogP contribution >= 0.6 is 0 Å². The van der Waals surface area contributed by atoms with Crippen LogP contribution in [0.4, 0.5) is 4.39 Å². The normalized spacial score (nSPS) is 12.4. The van der Waals surface area contributed by atoms with Crippen molar-refractivity contribution in [2.45, 2.75) is 39.4 Å². The summed E-state index contributed by atoms with van der Waals surface area (Å²) >= 11 is 0. The fraction of sp³-hybridized carbons (Fsp3) is 0.429. The Hall–Kier alpha value is -1.95. The molecule has 0 amide bonds. The van der Waals surface area contributed by atoms with Gasteiger partial charge in [-0.05, 0) is 25.5 Å². The average Bonchev–Trinajstić information content (AvgIpc) is 2.84. The molecule has 1 atom stereocenters. The van der Waals surface area contributed by atoms with Crippen LogP contribution in [0, 0.1) is 5.82 Å². The molecule has 1 aromatic carbocycles. The smallest absolute Gasteiger partial charge is 0.226 e. The van der Waals surface area contributed by atoms with Gasteiger partial charge in [-0.15, -0.1) is 0 Å². The Labute approximate surface area is 116 Å². The fourth-order valence-electron chi connectivity index (χ4n) is 1.75. The summed E-state index contributed by atoms with van der Waals surface area (Å²) in [6.07, 6.45) is 0.803. The van der Waals surface area contributed by atoms with Crippen molar-refractivity contribution in [2.75, 3.05) is 0 Å². The number of rotatable bonds is 6. The van der Waals surface area contributed by atoms with Crippen LogP contribution in [0.5, 0.6) is 5.75 Å². The number of hydrogen-bond acceptors (Lipinski definition) is 5. The highest BCUT2D eigenvalue weighted by molar-refractivity contribution is 5.30. The number of aliphatic hydroxyl groups excluding tert-OH is 1. The van der Waals surface area contributed by atoms with Crippen molar-refractivity contribution in [3.8, 4) is 5.75 Å². The van der Waals surface area contributed by atoms with Gasteiger partial charge in [0.25, 0.3) is 0 Å². The average molecular weight is 280 g/mol. The van der Waals surface area contributed by atoms with Crippen LogP contribution in [-0.4, -0.2) is 15.2 Å². The van der Waals surface area contributed by atoms with Crippen molar-refractivity contribution in [1.29, 1.82) is 0 Å². The first-order valence-electron chi connectivity index (χ1n) is 6.52. The lowest BCUT2D eigenvalue weighted by molar-refractivity contribution is 0.193. The quantitative estimate of drug-likeness (QED) is 0.881. The number of ether oxygens (including phenoxy) is 1. The van der Waals surface area contributed by atoms with Crippen LogP contribution in [0.15, 0.2) is 22.7 Å². The van der Waals surface area contributed by atoms with E-state index in [1.165, 1.54) is 19.1 Å². The van der Waals surface area contributed by atoms with Crippen molar-refractivity contribution in [2.24, 2.45) is 0 Å². The van der Waals surface area contributed by atoms with Gasteiger partial charge in [0.05, 0.1) is 6.10 Å². The third kappa shape index (κ3) is 3.54. The molecule has 0 aliphatic heterocycles. The maximum atomic E-state index is 13.6. The lowest BCUT2D eigenvalue weighted by atomic mass is 10.1. The lowest BCUT2D eigenvalue weighted by Crippen LogP contribution is -2.00. The van der Waals surface area contributed by atoms with Crippen LogP contribution in [0.1, 0.15) is 43.7 Å². The molecule has 0 bridgehead atoms. The van der Waals surface area contributed by atoms with E-state index in [1.807, 2.05) is 6.92 Å². The molecule has 20 heavy (non-hydrogen) atoms. The van der Waals surface area contributed by atoms with Crippen LogP contribution in [0.25, 0.3) is 0 Å². The van der Waals surface area contributed by atoms with E-state index in [4.69, 9.17) is 9.26 Å². The molecule has 2 aromatic rings. The first-order valence-corrected chi connectivity index (χ1v) is 6.52. The summed E-state index contributed by atoms with van der Waals surface area (Å²) < 4.78 is 24.1. The maximum Gasteiger partial charge on any atom is 0.226 e. The molecule has 0 radical (unpaired) electrons. The van der Waals surface area contributed by atoms with Gasteiger partial charge in [-0.25, -0.2) is 4.39 Å². The largest absolute Gasteiger partial charge is 0.485 e. The molecule has 0 saturated carbocycles. The van der Waals surface area contributed by atoms with Gasteiger partial charge in [0.2, 0.25) is 11.7 Å². The summed E-state index contributed by atoms with van der Waals surface area (Å²) in [5.74, 6) is 0.848. The number of aryl methyl sites for hydroxylation is 1. The Bertz CT molecular complexity index is 569. The molecule has 0 saturated heterocycles. The summed E-state index contributed by atoms with van der Waals surface area (Å²) in [6, 6.07) is 4.32. The summed E-state index contributed by atoms with van der Waals surface area (Å²) in [4.78, 5) is 4.15. The summed E-state index contributed by atoms with van der Waals surface area (Å²) in [5.41, 5.74) is 0.238. The van der Waals surface area contributed by atoms with E-state index in [1.54, 1.807) is 6.07 Å². The highest BCUT2D eigenvalue weighted by Crippen LogP contribution is 2.22. The Balaban J connectivity index is 1.98. The van der Waals surface area contributed by atoms with Gasteiger partial charge < -0.3 is 14.4 Å². The second kappa shape index (κ2) is 6.47. The summed E-state index contributed by atoms with van der Waals surface area (Å²) in [6.45, 7) is 3.64. The topological polar surface area (TPSA) is 68.4 Å². The SMILES string of the molecule is CCCc1nc(COc2ccc([C@H](C)O)c(F)c2)no1. The summed E-state index contributed by atoms with van der Waals surface area (Å²) in [7, 11) is 0.